The molecule has 0 fully saturated rings. The lowest BCUT2D eigenvalue weighted by Crippen LogP contribution is -2.44. The molecule has 2 heterocycles. The highest BCUT2D eigenvalue weighted by atomic mass is 19.1. The Kier molecular flexibility index (Phi) is 5.17. The van der Waals surface area contributed by atoms with Crippen LogP contribution < -0.4 is 0 Å². The summed E-state index contributed by atoms with van der Waals surface area (Å²) >= 11 is 0. The summed E-state index contributed by atoms with van der Waals surface area (Å²) in [7, 11) is 0. The number of halogens is 1. The molecule has 1 atom stereocenters. The van der Waals surface area contributed by atoms with Crippen molar-refractivity contribution in [2.24, 2.45) is 0 Å². The molecule has 0 N–H and O–H groups in total. The Hall–Kier alpha value is -3.40. The van der Waals surface area contributed by atoms with E-state index in [0.29, 0.717) is 19.7 Å². The van der Waals surface area contributed by atoms with Crippen LogP contribution in [0.15, 0.2) is 48.3 Å². The maximum Gasteiger partial charge on any atom is 0.254 e. The van der Waals surface area contributed by atoms with Crippen molar-refractivity contribution in [1.82, 2.24) is 14.7 Å². The number of hydrogen-bond acceptors (Lipinski definition) is 4. The molecular weight excluding hydrogens is 371 g/mol. The Bertz CT molecular complexity index is 1050. The number of aromatic nitrogens is 2. The number of hydrogen-bond donors (Lipinski definition) is 0. The van der Waals surface area contributed by atoms with E-state index in [9.17, 15) is 9.18 Å². The summed E-state index contributed by atoms with van der Waals surface area (Å²) in [6.07, 6.45) is 7.94. The second-order valence-electron chi connectivity index (χ2n) is 7.32. The van der Waals surface area contributed by atoms with Gasteiger partial charge >= 0.3 is 0 Å². The first-order valence-corrected chi connectivity index (χ1v) is 9.59. The average molecular weight is 392 g/mol. The van der Waals surface area contributed by atoms with Crippen molar-refractivity contribution in [2.75, 3.05) is 0 Å². The van der Waals surface area contributed by atoms with Gasteiger partial charge in [0.05, 0.1) is 36.2 Å². The van der Waals surface area contributed by atoms with Crippen molar-refractivity contribution >= 4 is 5.91 Å². The van der Waals surface area contributed by atoms with E-state index >= 15 is 0 Å². The number of nitrogens with zero attached hydrogens (tertiary/aromatic N) is 4. The van der Waals surface area contributed by atoms with Crippen LogP contribution in [0.25, 0.3) is 0 Å². The van der Waals surface area contributed by atoms with Gasteiger partial charge in [-0.05, 0) is 43.7 Å². The van der Waals surface area contributed by atoms with Gasteiger partial charge in [-0.1, -0.05) is 12.2 Å². The second-order valence-corrected chi connectivity index (χ2v) is 7.32. The summed E-state index contributed by atoms with van der Waals surface area (Å²) in [5.41, 5.74) is 2.04. The molecule has 29 heavy (non-hydrogen) atoms. The zero-order chi connectivity index (χ0) is 20.4. The summed E-state index contributed by atoms with van der Waals surface area (Å²) in [4.78, 5) is 14.6. The molecule has 1 unspecified atom stereocenters. The molecule has 1 amide bonds. The van der Waals surface area contributed by atoms with E-state index in [4.69, 9.17) is 10.00 Å². The van der Waals surface area contributed by atoms with Crippen molar-refractivity contribution < 1.29 is 13.9 Å². The summed E-state index contributed by atoms with van der Waals surface area (Å²) < 4.78 is 21.5. The van der Waals surface area contributed by atoms with Crippen LogP contribution >= 0.6 is 0 Å². The number of benzene rings is 1. The van der Waals surface area contributed by atoms with Crippen LogP contribution in [0.4, 0.5) is 4.39 Å². The van der Waals surface area contributed by atoms with Crippen molar-refractivity contribution in [3.8, 4) is 6.07 Å². The van der Waals surface area contributed by atoms with Crippen LogP contribution in [0.1, 0.15) is 47.1 Å². The van der Waals surface area contributed by atoms with E-state index in [1.165, 1.54) is 12.1 Å². The molecule has 1 aliphatic heterocycles. The lowest BCUT2D eigenvalue weighted by Gasteiger charge is -2.34. The highest BCUT2D eigenvalue weighted by molar-refractivity contribution is 5.94. The Morgan fingerprint density at radius 3 is 3.00 bits per heavy atom. The number of carbonyl (C=O) groups excluding carboxylic acids is 1. The molecule has 0 radical (unpaired) electrons. The van der Waals surface area contributed by atoms with Gasteiger partial charge in [-0.15, -0.1) is 0 Å². The van der Waals surface area contributed by atoms with Gasteiger partial charge in [0.25, 0.3) is 5.91 Å². The summed E-state index contributed by atoms with van der Waals surface area (Å²) in [5, 5.41) is 13.6. The average Bonchev–Trinajstić information content (AvgIpc) is 3.13. The van der Waals surface area contributed by atoms with Crippen molar-refractivity contribution in [3.63, 3.8) is 0 Å². The van der Waals surface area contributed by atoms with Crippen LogP contribution in [-0.4, -0.2) is 26.6 Å². The number of ether oxygens (including phenoxy) is 1. The van der Waals surface area contributed by atoms with Gasteiger partial charge in [0, 0.05) is 18.0 Å². The smallest absolute Gasteiger partial charge is 0.254 e. The Morgan fingerprint density at radius 2 is 2.24 bits per heavy atom. The van der Waals surface area contributed by atoms with Gasteiger partial charge < -0.3 is 9.64 Å². The van der Waals surface area contributed by atoms with Gasteiger partial charge in [-0.3, -0.25) is 9.48 Å². The largest absolute Gasteiger partial charge is 0.492 e. The monoisotopic (exact) mass is 392 g/mol. The molecule has 0 spiro atoms. The number of rotatable bonds is 4. The standard InChI is InChI=1S/C22H21FN4O2/c1-15-12-27-20(10-19(25-27)14-29-21-5-3-2-4-6-21)13-26(15)22(28)17-7-16(11-24)8-18(23)9-17/h2-3,5,7-10,15H,4,6,12-14H2,1H3. The summed E-state index contributed by atoms with van der Waals surface area (Å²) in [6, 6.07) is 7.44. The molecule has 4 rings (SSSR count). The van der Waals surface area contributed by atoms with E-state index in [0.717, 1.165) is 36.1 Å². The molecule has 0 saturated heterocycles. The molecule has 0 saturated carbocycles. The lowest BCUT2D eigenvalue weighted by molar-refractivity contribution is 0.0606. The fraction of sp³-hybridized carbons (Fsp3) is 0.318. The van der Waals surface area contributed by atoms with E-state index in [2.05, 4.69) is 11.2 Å². The first-order valence-electron chi connectivity index (χ1n) is 9.59. The quantitative estimate of drug-likeness (QED) is 0.796. The minimum Gasteiger partial charge on any atom is -0.492 e. The Labute approximate surface area is 168 Å². The van der Waals surface area contributed by atoms with Crippen LogP contribution in [0.2, 0.25) is 0 Å². The first-order chi connectivity index (χ1) is 14.0. The van der Waals surface area contributed by atoms with E-state index in [1.54, 1.807) is 4.90 Å². The normalized spacial score (nSPS) is 18.0. The fourth-order valence-corrected chi connectivity index (χ4v) is 3.63. The molecule has 1 aromatic heterocycles. The maximum atomic E-state index is 13.8. The van der Waals surface area contributed by atoms with Gasteiger partial charge in [-0.25, -0.2) is 4.39 Å². The minimum atomic E-state index is -0.589. The van der Waals surface area contributed by atoms with Crippen molar-refractivity contribution in [1.29, 1.82) is 5.26 Å². The number of carbonyl (C=O) groups is 1. The highest BCUT2D eigenvalue weighted by Gasteiger charge is 2.29. The third-order valence-corrected chi connectivity index (χ3v) is 5.13. The number of fused-ring (bicyclic) bond motifs is 1. The predicted molar refractivity (Wildman–Crippen MR) is 104 cm³/mol. The fourth-order valence-electron chi connectivity index (χ4n) is 3.63. The number of allylic oxidation sites excluding steroid dienone is 4. The minimum absolute atomic E-state index is 0.108. The predicted octanol–water partition coefficient (Wildman–Crippen LogP) is 3.69. The summed E-state index contributed by atoms with van der Waals surface area (Å²) in [6.45, 7) is 3.24. The highest BCUT2D eigenvalue weighted by Crippen LogP contribution is 2.23. The van der Waals surface area contributed by atoms with E-state index in [-0.39, 0.29) is 23.1 Å². The molecule has 7 heteroatoms. The third kappa shape index (κ3) is 4.06. The van der Waals surface area contributed by atoms with Gasteiger partial charge in [0.1, 0.15) is 18.1 Å². The van der Waals surface area contributed by atoms with Crippen LogP contribution in [0.5, 0.6) is 0 Å². The molecular formula is C22H21FN4O2. The van der Waals surface area contributed by atoms with Gasteiger partial charge in [0.2, 0.25) is 0 Å². The molecule has 6 nitrogen and oxygen atoms in total. The second kappa shape index (κ2) is 7.92. The maximum absolute atomic E-state index is 13.8. The number of nitriles is 1. The van der Waals surface area contributed by atoms with Crippen LogP contribution in [-0.2, 0) is 24.4 Å². The topological polar surface area (TPSA) is 71.2 Å². The zero-order valence-electron chi connectivity index (χ0n) is 16.1. The van der Waals surface area contributed by atoms with Crippen LogP contribution in [0.3, 0.4) is 0 Å². The molecule has 2 aromatic rings. The molecule has 2 aliphatic rings. The zero-order valence-corrected chi connectivity index (χ0v) is 16.1. The Morgan fingerprint density at radius 1 is 1.38 bits per heavy atom. The van der Waals surface area contributed by atoms with E-state index in [1.807, 2.05) is 35.9 Å². The van der Waals surface area contributed by atoms with Crippen molar-refractivity contribution in [2.45, 2.75) is 45.5 Å². The van der Waals surface area contributed by atoms with Gasteiger partial charge in [0.15, 0.2) is 0 Å². The Balaban J connectivity index is 1.49. The molecule has 1 aliphatic carbocycles. The molecule has 0 bridgehead atoms. The van der Waals surface area contributed by atoms with Crippen molar-refractivity contribution in [3.05, 3.63) is 76.6 Å². The SMILES string of the molecule is CC1Cn2nc(COC3=CC=CCC3)cc2CN1C(=O)c1cc(F)cc(C#N)c1. The third-order valence-electron chi connectivity index (χ3n) is 5.13. The molecule has 1 aromatic carbocycles. The van der Waals surface area contributed by atoms with Crippen LogP contribution in [0, 0.1) is 17.1 Å². The number of amides is 1. The summed E-state index contributed by atoms with van der Waals surface area (Å²) in [5.74, 6) is 0.0642. The first kappa shape index (κ1) is 18.9. The lowest BCUT2D eigenvalue weighted by atomic mass is 10.1. The van der Waals surface area contributed by atoms with Gasteiger partial charge in [-0.2, -0.15) is 10.4 Å². The van der Waals surface area contributed by atoms with E-state index < -0.39 is 5.82 Å². The molecule has 148 valence electrons.